The first kappa shape index (κ1) is 19.2. The molecule has 1 fully saturated rings. The first-order valence-corrected chi connectivity index (χ1v) is 10.2. The number of pyridine rings is 1. The van der Waals surface area contributed by atoms with E-state index in [2.05, 4.69) is 41.1 Å². The molecule has 158 valence electrons. The van der Waals surface area contributed by atoms with Gasteiger partial charge in [-0.15, -0.1) is 5.10 Å². The number of rotatable bonds is 9. The van der Waals surface area contributed by atoms with E-state index in [1.165, 1.54) is 0 Å². The molecular weight excluding hydrogens is 396 g/mol. The third-order valence-electron chi connectivity index (χ3n) is 4.85. The molecule has 1 saturated carbocycles. The number of nitrogens with zero attached hydrogens (tertiary/aromatic N) is 5. The van der Waals surface area contributed by atoms with Gasteiger partial charge in [0.2, 0.25) is 0 Å². The highest BCUT2D eigenvalue weighted by Gasteiger charge is 2.24. The Balaban J connectivity index is 1.39. The lowest BCUT2D eigenvalue weighted by Gasteiger charge is -2.12. The Kier molecular flexibility index (Phi) is 5.28. The van der Waals surface area contributed by atoms with Gasteiger partial charge in [-0.2, -0.15) is 0 Å². The van der Waals surface area contributed by atoms with Crippen LogP contribution in [0.4, 0.5) is 23.2 Å². The van der Waals surface area contributed by atoms with Crippen molar-refractivity contribution in [3.63, 3.8) is 0 Å². The quantitative estimate of drug-likeness (QED) is 0.300. The number of hydrogen-bond donors (Lipinski definition) is 4. The lowest BCUT2D eigenvalue weighted by molar-refractivity contribution is 0.292. The van der Waals surface area contributed by atoms with Crippen molar-refractivity contribution >= 4 is 34.2 Å². The number of aromatic nitrogens is 5. The van der Waals surface area contributed by atoms with E-state index >= 15 is 0 Å². The van der Waals surface area contributed by atoms with Crippen LogP contribution in [0.3, 0.4) is 0 Å². The standard InChI is InChI=1S/C21H22N8O2/c30-9-1-6-24-21-29-28-20(31-21)15-12-25-19(11-17(15)26-13-2-3-13)27-14-4-5-16-18(10-14)23-8-7-22-16/h4-5,7-8,10-13,30H,1-3,6,9H2,(H,24,29)(H2,25,26,27). The number of benzene rings is 1. The van der Waals surface area contributed by atoms with E-state index in [4.69, 9.17) is 9.52 Å². The van der Waals surface area contributed by atoms with Gasteiger partial charge in [0.05, 0.1) is 22.3 Å². The summed E-state index contributed by atoms with van der Waals surface area (Å²) in [7, 11) is 0. The number of nitrogens with one attached hydrogen (secondary N) is 3. The highest BCUT2D eigenvalue weighted by atomic mass is 16.4. The largest absolute Gasteiger partial charge is 0.403 e. The van der Waals surface area contributed by atoms with Crippen molar-refractivity contribution < 1.29 is 9.52 Å². The molecule has 0 unspecified atom stereocenters. The summed E-state index contributed by atoms with van der Waals surface area (Å²) in [6.07, 6.45) is 7.94. The first-order valence-electron chi connectivity index (χ1n) is 10.2. The van der Waals surface area contributed by atoms with E-state index in [0.717, 1.165) is 40.8 Å². The Bertz CT molecular complexity index is 1190. The van der Waals surface area contributed by atoms with Gasteiger partial charge in [-0.05, 0) is 37.5 Å². The number of hydrogen-bond acceptors (Lipinski definition) is 10. The van der Waals surface area contributed by atoms with Crippen LogP contribution in [0, 0.1) is 0 Å². The van der Waals surface area contributed by atoms with Gasteiger partial charge in [-0.3, -0.25) is 9.97 Å². The van der Waals surface area contributed by atoms with E-state index in [1.807, 2.05) is 24.3 Å². The van der Waals surface area contributed by atoms with Gasteiger partial charge in [-0.25, -0.2) is 4.98 Å². The molecular formula is C21H22N8O2. The lowest BCUT2D eigenvalue weighted by Crippen LogP contribution is -2.04. The Morgan fingerprint density at radius 2 is 1.90 bits per heavy atom. The van der Waals surface area contributed by atoms with Crippen molar-refractivity contribution in [2.45, 2.75) is 25.3 Å². The maximum atomic E-state index is 8.90. The molecule has 0 aliphatic heterocycles. The molecule has 1 aliphatic carbocycles. The fraction of sp³-hybridized carbons (Fsp3) is 0.286. The van der Waals surface area contributed by atoms with Gasteiger partial charge in [0.1, 0.15) is 5.82 Å². The Hall–Kier alpha value is -3.79. The van der Waals surface area contributed by atoms with Crippen LogP contribution in [-0.2, 0) is 0 Å². The van der Waals surface area contributed by atoms with Crippen molar-refractivity contribution in [2.24, 2.45) is 0 Å². The number of aliphatic hydroxyl groups excluding tert-OH is 1. The number of fused-ring (bicyclic) bond motifs is 1. The van der Waals surface area contributed by atoms with Crippen molar-refractivity contribution in [2.75, 3.05) is 29.1 Å². The van der Waals surface area contributed by atoms with Gasteiger partial charge in [-0.1, -0.05) is 5.10 Å². The van der Waals surface area contributed by atoms with Gasteiger partial charge in [0.25, 0.3) is 5.89 Å². The molecule has 3 heterocycles. The minimum Gasteiger partial charge on any atom is -0.403 e. The Labute approximate surface area is 178 Å². The molecule has 10 heteroatoms. The average molecular weight is 418 g/mol. The second-order valence-corrected chi connectivity index (χ2v) is 7.33. The fourth-order valence-electron chi connectivity index (χ4n) is 3.13. The Morgan fingerprint density at radius 3 is 2.74 bits per heavy atom. The Morgan fingerprint density at radius 1 is 1.03 bits per heavy atom. The van der Waals surface area contributed by atoms with E-state index in [1.54, 1.807) is 18.6 Å². The molecule has 0 amide bonds. The number of anilines is 4. The highest BCUT2D eigenvalue weighted by molar-refractivity contribution is 5.81. The summed E-state index contributed by atoms with van der Waals surface area (Å²) in [5, 5.41) is 26.9. The third kappa shape index (κ3) is 4.53. The van der Waals surface area contributed by atoms with Gasteiger partial charge < -0.3 is 25.5 Å². The van der Waals surface area contributed by atoms with Crippen LogP contribution in [0.1, 0.15) is 19.3 Å². The predicted octanol–water partition coefficient (Wildman–Crippen LogP) is 3.19. The van der Waals surface area contributed by atoms with E-state index in [9.17, 15) is 0 Å². The van der Waals surface area contributed by atoms with Gasteiger partial charge >= 0.3 is 6.01 Å². The molecule has 31 heavy (non-hydrogen) atoms. The van der Waals surface area contributed by atoms with Gasteiger partial charge in [0, 0.05) is 49.5 Å². The van der Waals surface area contributed by atoms with Crippen LogP contribution in [0.15, 0.2) is 47.3 Å². The highest BCUT2D eigenvalue weighted by Crippen LogP contribution is 2.34. The summed E-state index contributed by atoms with van der Waals surface area (Å²) < 4.78 is 5.73. The molecule has 5 rings (SSSR count). The molecule has 4 aromatic rings. The zero-order valence-electron chi connectivity index (χ0n) is 16.7. The van der Waals surface area contributed by atoms with Crippen molar-refractivity contribution in [1.82, 2.24) is 25.1 Å². The molecule has 0 saturated heterocycles. The summed E-state index contributed by atoms with van der Waals surface area (Å²) in [5.41, 5.74) is 4.15. The normalized spacial score (nSPS) is 13.3. The van der Waals surface area contributed by atoms with Crippen LogP contribution in [-0.4, -0.2) is 49.4 Å². The zero-order valence-corrected chi connectivity index (χ0v) is 16.7. The second kappa shape index (κ2) is 8.52. The van der Waals surface area contributed by atoms with Crippen LogP contribution in [0.5, 0.6) is 0 Å². The zero-order chi connectivity index (χ0) is 21.0. The summed E-state index contributed by atoms with van der Waals surface area (Å²) >= 11 is 0. The molecule has 0 bridgehead atoms. The molecule has 1 aliphatic rings. The minimum absolute atomic E-state index is 0.103. The SMILES string of the molecule is OCCCNc1nnc(-c2cnc(Nc3ccc4nccnc4c3)cc2NC2CC2)o1. The van der Waals surface area contributed by atoms with Crippen molar-refractivity contribution in [3.05, 3.63) is 42.9 Å². The molecule has 4 N–H and O–H groups in total. The first-order chi connectivity index (χ1) is 15.3. The molecule has 3 aromatic heterocycles. The van der Waals surface area contributed by atoms with E-state index < -0.39 is 0 Å². The maximum absolute atomic E-state index is 8.90. The van der Waals surface area contributed by atoms with Gasteiger partial charge in [0.15, 0.2) is 0 Å². The van der Waals surface area contributed by atoms with Crippen molar-refractivity contribution in [1.29, 1.82) is 0 Å². The summed E-state index contributed by atoms with van der Waals surface area (Å²) in [5.74, 6) is 1.07. The predicted molar refractivity (Wildman–Crippen MR) is 117 cm³/mol. The summed E-state index contributed by atoms with van der Waals surface area (Å²) in [6.45, 7) is 0.661. The lowest BCUT2D eigenvalue weighted by atomic mass is 10.2. The fourth-order valence-corrected chi connectivity index (χ4v) is 3.13. The molecule has 10 nitrogen and oxygen atoms in total. The topological polar surface area (TPSA) is 134 Å². The third-order valence-corrected chi connectivity index (χ3v) is 4.85. The van der Waals surface area contributed by atoms with Crippen molar-refractivity contribution in [3.8, 4) is 11.5 Å². The molecule has 0 atom stereocenters. The second-order valence-electron chi connectivity index (χ2n) is 7.33. The monoisotopic (exact) mass is 418 g/mol. The van der Waals surface area contributed by atoms with E-state index in [0.29, 0.717) is 36.7 Å². The van der Waals surface area contributed by atoms with E-state index in [-0.39, 0.29) is 6.61 Å². The minimum atomic E-state index is 0.103. The summed E-state index contributed by atoms with van der Waals surface area (Å²) in [6, 6.07) is 8.51. The molecule has 1 aromatic carbocycles. The number of aliphatic hydroxyl groups is 1. The van der Waals surface area contributed by atoms with Crippen LogP contribution in [0.25, 0.3) is 22.5 Å². The maximum Gasteiger partial charge on any atom is 0.315 e. The van der Waals surface area contributed by atoms with Crippen LogP contribution in [0.2, 0.25) is 0 Å². The van der Waals surface area contributed by atoms with Crippen LogP contribution < -0.4 is 16.0 Å². The summed E-state index contributed by atoms with van der Waals surface area (Å²) in [4.78, 5) is 13.2. The molecule has 0 radical (unpaired) electrons. The van der Waals surface area contributed by atoms with Crippen LogP contribution >= 0.6 is 0 Å². The smallest absolute Gasteiger partial charge is 0.315 e. The average Bonchev–Trinajstić information content (AvgIpc) is 3.48. The molecule has 0 spiro atoms.